The Kier molecular flexibility index (Phi) is 7.40. The van der Waals surface area contributed by atoms with Crippen LogP contribution in [0.4, 0.5) is 0 Å². The van der Waals surface area contributed by atoms with Gasteiger partial charge in [0.25, 0.3) is 5.82 Å². The standard InChI is InChI=1S/C27H31N3O.BrH/c1-4-20(2)29-17-18-30(21(29)3)25-16-15-24(19-25)27(26(28)31,22-11-7-5-8-12-22)23-13-9-6-10-14-23;/h4-14,17-18,24-25H,15-16,19H2,1-3H3,(H-,28,31);1H/t24-,25+;/m1./s1. The third-order valence-corrected chi connectivity index (χ3v) is 7.15. The number of benzene rings is 2. The van der Waals surface area contributed by atoms with Crippen LogP contribution >= 0.6 is 0 Å². The lowest BCUT2D eigenvalue weighted by molar-refractivity contribution is -0.726. The van der Waals surface area contributed by atoms with E-state index >= 15 is 0 Å². The molecule has 4 rings (SSSR count). The van der Waals surface area contributed by atoms with Crippen molar-refractivity contribution in [3.05, 3.63) is 96.1 Å². The van der Waals surface area contributed by atoms with Crippen molar-refractivity contribution in [2.24, 2.45) is 11.7 Å². The maximum atomic E-state index is 13.3. The highest BCUT2D eigenvalue weighted by atomic mass is 79.9. The van der Waals surface area contributed by atoms with E-state index in [0.717, 1.165) is 30.4 Å². The zero-order valence-electron chi connectivity index (χ0n) is 19.0. The van der Waals surface area contributed by atoms with Crippen LogP contribution in [0.2, 0.25) is 0 Å². The summed E-state index contributed by atoms with van der Waals surface area (Å²) in [4.78, 5) is 13.3. The van der Waals surface area contributed by atoms with Crippen LogP contribution in [-0.4, -0.2) is 10.5 Å². The van der Waals surface area contributed by atoms with Gasteiger partial charge in [-0.25, -0.2) is 9.13 Å². The lowest BCUT2D eigenvalue weighted by atomic mass is 9.64. The zero-order valence-corrected chi connectivity index (χ0v) is 20.6. The summed E-state index contributed by atoms with van der Waals surface area (Å²) in [5.74, 6) is 1.09. The molecule has 1 amide bonds. The molecule has 2 aromatic carbocycles. The zero-order chi connectivity index (χ0) is 22.0. The summed E-state index contributed by atoms with van der Waals surface area (Å²) < 4.78 is 4.60. The Morgan fingerprint density at radius 2 is 1.62 bits per heavy atom. The van der Waals surface area contributed by atoms with Gasteiger partial charge in [-0.2, -0.15) is 0 Å². The molecule has 1 fully saturated rings. The van der Waals surface area contributed by atoms with Crippen LogP contribution in [0.3, 0.4) is 0 Å². The number of amides is 1. The second kappa shape index (κ2) is 9.86. The number of carbonyl (C=O) groups excluding carboxylic acids is 1. The number of allylic oxidation sites excluding steroid dienone is 2. The first-order valence-electron chi connectivity index (χ1n) is 11.1. The Morgan fingerprint density at radius 1 is 1.06 bits per heavy atom. The first-order valence-corrected chi connectivity index (χ1v) is 11.1. The number of nitrogens with two attached hydrogens (primary N) is 1. The molecule has 1 aliphatic carbocycles. The van der Waals surface area contributed by atoms with E-state index in [1.54, 1.807) is 0 Å². The second-order valence-electron chi connectivity index (χ2n) is 8.62. The average Bonchev–Trinajstić information content (AvgIpc) is 3.42. The van der Waals surface area contributed by atoms with E-state index in [1.807, 2.05) is 36.4 Å². The fraction of sp³-hybridized carbons (Fsp3) is 0.333. The minimum Gasteiger partial charge on any atom is -1.00 e. The molecule has 3 aromatic rings. The number of rotatable bonds is 6. The maximum Gasteiger partial charge on any atom is 0.258 e. The van der Waals surface area contributed by atoms with Gasteiger partial charge < -0.3 is 22.7 Å². The average molecular weight is 494 g/mol. The van der Waals surface area contributed by atoms with Crippen LogP contribution in [0.25, 0.3) is 5.70 Å². The van der Waals surface area contributed by atoms with Crippen LogP contribution in [0, 0.1) is 12.8 Å². The highest BCUT2D eigenvalue weighted by molar-refractivity contribution is 5.91. The number of nitrogens with zero attached hydrogens (tertiary/aromatic N) is 2. The first-order chi connectivity index (χ1) is 15.0. The van der Waals surface area contributed by atoms with Crippen molar-refractivity contribution in [3.63, 3.8) is 0 Å². The quantitative estimate of drug-likeness (QED) is 0.522. The third-order valence-electron chi connectivity index (χ3n) is 7.15. The van der Waals surface area contributed by atoms with Crippen LogP contribution in [-0.2, 0) is 10.2 Å². The molecule has 4 nitrogen and oxygen atoms in total. The summed E-state index contributed by atoms with van der Waals surface area (Å²) in [6.07, 6.45) is 9.33. The molecule has 1 aliphatic rings. The molecule has 1 aromatic heterocycles. The number of hydrogen-bond donors (Lipinski definition) is 1. The number of hydrogen-bond acceptors (Lipinski definition) is 1. The largest absolute Gasteiger partial charge is 1.00 e. The minimum atomic E-state index is -0.826. The number of carbonyl (C=O) groups is 1. The third kappa shape index (κ3) is 3.95. The molecule has 32 heavy (non-hydrogen) atoms. The van der Waals surface area contributed by atoms with Gasteiger partial charge in [-0.05, 0) is 56.2 Å². The van der Waals surface area contributed by atoms with E-state index in [-0.39, 0.29) is 28.8 Å². The van der Waals surface area contributed by atoms with Crippen LogP contribution < -0.4 is 27.3 Å². The summed E-state index contributed by atoms with van der Waals surface area (Å²) in [6, 6.07) is 20.5. The van der Waals surface area contributed by atoms with E-state index < -0.39 is 5.41 Å². The molecule has 0 aliphatic heterocycles. The summed E-state index contributed by atoms with van der Waals surface area (Å²) in [6.45, 7) is 6.35. The lowest BCUT2D eigenvalue weighted by Gasteiger charge is -2.37. The van der Waals surface area contributed by atoms with Crippen molar-refractivity contribution in [1.29, 1.82) is 0 Å². The monoisotopic (exact) mass is 493 g/mol. The number of aromatic nitrogens is 2. The smallest absolute Gasteiger partial charge is 0.258 e. The van der Waals surface area contributed by atoms with E-state index in [4.69, 9.17) is 5.73 Å². The maximum absolute atomic E-state index is 13.3. The molecule has 1 heterocycles. The van der Waals surface area contributed by atoms with Crippen LogP contribution in [0.5, 0.6) is 0 Å². The van der Waals surface area contributed by atoms with E-state index in [1.165, 1.54) is 11.5 Å². The van der Waals surface area contributed by atoms with Gasteiger partial charge in [-0.15, -0.1) is 0 Å². The normalized spacial score (nSPS) is 18.9. The van der Waals surface area contributed by atoms with Crippen molar-refractivity contribution < 1.29 is 26.3 Å². The van der Waals surface area contributed by atoms with E-state index in [2.05, 4.69) is 72.6 Å². The highest BCUT2D eigenvalue weighted by Gasteiger charge is 2.51. The molecule has 0 radical (unpaired) electrons. The molecule has 1 saturated carbocycles. The molecule has 2 N–H and O–H groups in total. The van der Waals surface area contributed by atoms with Gasteiger partial charge in [0.15, 0.2) is 0 Å². The van der Waals surface area contributed by atoms with Crippen molar-refractivity contribution in [2.75, 3.05) is 0 Å². The molecule has 0 saturated heterocycles. The SMILES string of the molecule is CC=C(C)n1cc[n+]([C@H]2CC[C@@H](C(C(N)=O)(c3ccccc3)c3ccccc3)C2)c1C.[Br-]. The van der Waals surface area contributed by atoms with Crippen molar-refractivity contribution >= 4 is 11.6 Å². The topological polar surface area (TPSA) is 51.9 Å². The molecule has 0 spiro atoms. The highest BCUT2D eigenvalue weighted by Crippen LogP contribution is 2.48. The first kappa shape index (κ1) is 24.0. The van der Waals surface area contributed by atoms with Gasteiger partial charge in [0.1, 0.15) is 29.5 Å². The molecule has 2 atom stereocenters. The minimum absolute atomic E-state index is 0. The van der Waals surface area contributed by atoms with Crippen molar-refractivity contribution in [2.45, 2.75) is 51.5 Å². The summed E-state index contributed by atoms with van der Waals surface area (Å²) in [5.41, 5.74) is 8.60. The Bertz CT molecular complexity index is 1050. The molecule has 168 valence electrons. The van der Waals surface area contributed by atoms with E-state index in [9.17, 15) is 4.79 Å². The number of halogens is 1. The predicted molar refractivity (Wildman–Crippen MR) is 124 cm³/mol. The molecular formula is C27H32BrN3O. The second-order valence-corrected chi connectivity index (χ2v) is 8.62. The lowest BCUT2D eigenvalue weighted by Crippen LogP contribution is -3.00. The van der Waals surface area contributed by atoms with Gasteiger partial charge in [0.05, 0.1) is 0 Å². The Morgan fingerprint density at radius 3 is 2.12 bits per heavy atom. The Balaban J connectivity index is 0.00000289. The fourth-order valence-corrected chi connectivity index (χ4v) is 5.51. The number of primary amides is 1. The van der Waals surface area contributed by atoms with Crippen molar-refractivity contribution in [3.8, 4) is 0 Å². The summed E-state index contributed by atoms with van der Waals surface area (Å²) in [5, 5.41) is 0. The Hall–Kier alpha value is -2.66. The molecule has 5 heteroatoms. The van der Waals surface area contributed by atoms with Gasteiger partial charge in [-0.1, -0.05) is 60.7 Å². The predicted octanol–water partition coefficient (Wildman–Crippen LogP) is 1.78. The fourth-order valence-electron chi connectivity index (χ4n) is 5.51. The summed E-state index contributed by atoms with van der Waals surface area (Å²) >= 11 is 0. The number of imidazole rings is 1. The Labute approximate surface area is 201 Å². The van der Waals surface area contributed by atoms with Gasteiger partial charge >= 0.3 is 0 Å². The molecule has 0 unspecified atom stereocenters. The van der Waals surface area contributed by atoms with Crippen LogP contribution in [0.1, 0.15) is 56.1 Å². The van der Waals surface area contributed by atoms with Gasteiger partial charge in [-0.3, -0.25) is 4.79 Å². The van der Waals surface area contributed by atoms with Crippen LogP contribution in [0.15, 0.2) is 79.1 Å². The van der Waals surface area contributed by atoms with Gasteiger partial charge in [0, 0.05) is 6.92 Å². The van der Waals surface area contributed by atoms with Gasteiger partial charge in [0.2, 0.25) is 5.91 Å². The van der Waals surface area contributed by atoms with Crippen molar-refractivity contribution in [1.82, 2.24) is 4.57 Å². The van der Waals surface area contributed by atoms with E-state index in [0.29, 0.717) is 6.04 Å². The summed E-state index contributed by atoms with van der Waals surface area (Å²) in [7, 11) is 0. The molecule has 0 bridgehead atoms. The molecular weight excluding hydrogens is 462 g/mol.